The Labute approximate surface area is 172 Å². The van der Waals surface area contributed by atoms with Gasteiger partial charge in [0.15, 0.2) is 0 Å². The zero-order valence-corrected chi connectivity index (χ0v) is 17.0. The molecule has 6 heteroatoms. The largest absolute Gasteiger partial charge is 0.414 e. The van der Waals surface area contributed by atoms with Gasteiger partial charge in [0.05, 0.1) is 0 Å². The van der Waals surface area contributed by atoms with Crippen molar-refractivity contribution in [1.29, 1.82) is 0 Å². The van der Waals surface area contributed by atoms with E-state index in [1.54, 1.807) is 24.4 Å². The fraction of sp³-hybridized carbons (Fsp3) is 0.696. The number of nitrogens with one attached hydrogen (secondary N) is 2. The van der Waals surface area contributed by atoms with Crippen LogP contribution in [-0.4, -0.2) is 28.1 Å². The molecule has 0 aromatic carbocycles. The smallest absolute Gasteiger partial charge is 0.391 e. The fourth-order valence-electron chi connectivity index (χ4n) is 7.03. The minimum atomic E-state index is -0.431. The highest BCUT2D eigenvalue weighted by atomic mass is 16.6. The highest BCUT2D eigenvalue weighted by molar-refractivity contribution is 5.79. The molecule has 5 saturated carbocycles. The summed E-state index contributed by atoms with van der Waals surface area (Å²) in [5.74, 6) is 1.87. The van der Waals surface area contributed by atoms with Gasteiger partial charge in [0.1, 0.15) is 0 Å². The molecule has 0 aliphatic heterocycles. The Kier molecular flexibility index (Phi) is 4.75. The number of pyridine rings is 1. The highest BCUT2D eigenvalue weighted by Crippen LogP contribution is 2.57. The van der Waals surface area contributed by atoms with E-state index in [0.29, 0.717) is 17.7 Å². The molecule has 0 saturated heterocycles. The van der Waals surface area contributed by atoms with E-state index in [1.807, 2.05) is 0 Å². The van der Waals surface area contributed by atoms with Crippen LogP contribution in [0.25, 0.3) is 0 Å². The van der Waals surface area contributed by atoms with Crippen molar-refractivity contribution in [3.8, 4) is 5.88 Å². The van der Waals surface area contributed by atoms with E-state index < -0.39 is 6.09 Å². The second-order valence-electron chi connectivity index (χ2n) is 10.0. The first-order valence-electron chi connectivity index (χ1n) is 11.3. The van der Waals surface area contributed by atoms with Gasteiger partial charge in [0.2, 0.25) is 11.8 Å². The maximum absolute atomic E-state index is 13.0. The summed E-state index contributed by atoms with van der Waals surface area (Å²) in [5.41, 5.74) is -0.424. The van der Waals surface area contributed by atoms with Crippen molar-refractivity contribution in [3.05, 3.63) is 24.4 Å². The number of hydrogen-bond donors (Lipinski definition) is 2. The molecule has 1 aromatic heterocycles. The van der Waals surface area contributed by atoms with Gasteiger partial charge in [-0.3, -0.25) is 4.79 Å². The number of carbonyl (C=O) groups excluding carboxylic acids is 2. The van der Waals surface area contributed by atoms with Crippen LogP contribution < -0.4 is 15.4 Å². The molecule has 2 unspecified atom stereocenters. The second kappa shape index (κ2) is 7.29. The number of aromatic nitrogens is 1. The molecular weight excluding hydrogens is 366 g/mol. The number of amides is 2. The quantitative estimate of drug-likeness (QED) is 0.806. The van der Waals surface area contributed by atoms with Gasteiger partial charge in [-0.15, -0.1) is 0 Å². The lowest BCUT2D eigenvalue weighted by molar-refractivity contribution is -0.132. The van der Waals surface area contributed by atoms with Gasteiger partial charge < -0.3 is 15.4 Å². The first-order chi connectivity index (χ1) is 14.0. The molecule has 0 spiro atoms. The summed E-state index contributed by atoms with van der Waals surface area (Å²) in [6.45, 7) is 0. The lowest BCUT2D eigenvalue weighted by atomic mass is 9.50. The summed E-state index contributed by atoms with van der Waals surface area (Å²) in [4.78, 5) is 29.7. The van der Waals surface area contributed by atoms with E-state index in [4.69, 9.17) is 4.74 Å². The van der Waals surface area contributed by atoms with Crippen LogP contribution in [0.4, 0.5) is 4.79 Å². The molecular formula is C23H31N3O3. The van der Waals surface area contributed by atoms with Gasteiger partial charge in [-0.2, -0.15) is 0 Å². The van der Waals surface area contributed by atoms with Crippen molar-refractivity contribution in [3.63, 3.8) is 0 Å². The van der Waals surface area contributed by atoms with E-state index in [0.717, 1.165) is 44.9 Å². The predicted octanol–water partition coefficient (Wildman–Crippen LogP) is 3.96. The second-order valence-corrected chi connectivity index (χ2v) is 10.0. The summed E-state index contributed by atoms with van der Waals surface area (Å²) in [5, 5.41) is 6.70. The van der Waals surface area contributed by atoms with Crippen molar-refractivity contribution in [1.82, 2.24) is 15.6 Å². The van der Waals surface area contributed by atoms with Gasteiger partial charge in [-0.1, -0.05) is 25.3 Å². The predicted molar refractivity (Wildman–Crippen MR) is 108 cm³/mol. The zero-order valence-electron chi connectivity index (χ0n) is 17.0. The molecule has 2 N–H and O–H groups in total. The van der Waals surface area contributed by atoms with Gasteiger partial charge in [0, 0.05) is 29.3 Å². The molecule has 2 amide bonds. The van der Waals surface area contributed by atoms with Gasteiger partial charge in [-0.25, -0.2) is 9.78 Å². The van der Waals surface area contributed by atoms with Crippen LogP contribution >= 0.6 is 0 Å². The van der Waals surface area contributed by atoms with Crippen LogP contribution in [0.5, 0.6) is 5.88 Å². The lowest BCUT2D eigenvalue weighted by Gasteiger charge is -2.62. The third-order valence-electron chi connectivity index (χ3n) is 7.63. The third kappa shape index (κ3) is 3.86. The SMILES string of the molecule is O=C(NC12CC3CC(C1)CC(NC(=O)C1CCCCC1)(C3)C2)Oc1ccccn1. The fourth-order valence-corrected chi connectivity index (χ4v) is 7.03. The van der Waals surface area contributed by atoms with Crippen LogP contribution in [0.3, 0.4) is 0 Å². The maximum Gasteiger partial charge on any atom is 0.414 e. The average Bonchev–Trinajstić information content (AvgIpc) is 2.67. The number of ether oxygens (including phenoxy) is 1. The Hall–Kier alpha value is -2.11. The van der Waals surface area contributed by atoms with Crippen LogP contribution in [0.1, 0.15) is 70.6 Å². The molecule has 156 valence electrons. The highest BCUT2D eigenvalue weighted by Gasteiger charge is 2.59. The molecule has 1 heterocycles. The standard InChI is InChI=1S/C23H31N3O3/c27-20(18-6-2-1-3-7-18)25-22-11-16-10-17(12-22)14-23(13-16,15-22)26-21(28)29-19-8-4-5-9-24-19/h4-5,8-9,16-18H,1-3,6-7,10-15H2,(H,25,27)(H,26,28). The summed E-state index contributed by atoms with van der Waals surface area (Å²) in [7, 11) is 0. The van der Waals surface area contributed by atoms with Crippen LogP contribution in [-0.2, 0) is 4.79 Å². The van der Waals surface area contributed by atoms with E-state index >= 15 is 0 Å². The van der Waals surface area contributed by atoms with Gasteiger partial charge >= 0.3 is 6.09 Å². The first kappa shape index (κ1) is 18.9. The van der Waals surface area contributed by atoms with Crippen molar-refractivity contribution in [2.45, 2.75) is 81.7 Å². The zero-order chi connectivity index (χ0) is 19.9. The topological polar surface area (TPSA) is 80.3 Å². The molecule has 29 heavy (non-hydrogen) atoms. The van der Waals surface area contributed by atoms with E-state index in [2.05, 4.69) is 15.6 Å². The van der Waals surface area contributed by atoms with Crippen molar-refractivity contribution in [2.24, 2.45) is 17.8 Å². The third-order valence-corrected chi connectivity index (χ3v) is 7.63. The van der Waals surface area contributed by atoms with Gasteiger partial charge in [-0.05, 0) is 69.3 Å². The van der Waals surface area contributed by atoms with E-state index in [9.17, 15) is 9.59 Å². The maximum atomic E-state index is 13.0. The van der Waals surface area contributed by atoms with Crippen molar-refractivity contribution in [2.75, 3.05) is 0 Å². The minimum Gasteiger partial charge on any atom is -0.391 e. The Morgan fingerprint density at radius 3 is 2.31 bits per heavy atom. The summed E-state index contributed by atoms with van der Waals surface area (Å²) in [6.07, 6.45) is 13.0. The number of carbonyl (C=O) groups is 2. The Balaban J connectivity index is 1.29. The minimum absolute atomic E-state index is 0.156. The molecule has 6 rings (SSSR count). The number of rotatable bonds is 4. The summed E-state index contributed by atoms with van der Waals surface area (Å²) in [6, 6.07) is 5.28. The molecule has 5 fully saturated rings. The number of nitrogens with zero attached hydrogens (tertiary/aromatic N) is 1. The molecule has 0 radical (unpaired) electrons. The van der Waals surface area contributed by atoms with Gasteiger partial charge in [0.25, 0.3) is 0 Å². The summed E-state index contributed by atoms with van der Waals surface area (Å²) >= 11 is 0. The Bertz CT molecular complexity index is 761. The number of hydrogen-bond acceptors (Lipinski definition) is 4. The van der Waals surface area contributed by atoms with Crippen molar-refractivity contribution < 1.29 is 14.3 Å². The molecule has 5 aliphatic carbocycles. The van der Waals surface area contributed by atoms with E-state index in [-0.39, 0.29) is 22.9 Å². The molecule has 6 nitrogen and oxygen atoms in total. The van der Waals surface area contributed by atoms with Crippen LogP contribution in [0.15, 0.2) is 24.4 Å². The van der Waals surface area contributed by atoms with Crippen molar-refractivity contribution >= 4 is 12.0 Å². The van der Waals surface area contributed by atoms with Crippen LogP contribution in [0.2, 0.25) is 0 Å². The Morgan fingerprint density at radius 1 is 0.966 bits per heavy atom. The first-order valence-corrected chi connectivity index (χ1v) is 11.3. The van der Waals surface area contributed by atoms with E-state index in [1.165, 1.54) is 25.7 Å². The molecule has 1 aromatic rings. The van der Waals surface area contributed by atoms with Crippen LogP contribution in [0, 0.1) is 17.8 Å². The Morgan fingerprint density at radius 2 is 1.66 bits per heavy atom. The molecule has 5 aliphatic rings. The summed E-state index contributed by atoms with van der Waals surface area (Å²) < 4.78 is 5.41. The monoisotopic (exact) mass is 397 g/mol. The normalized spacial score (nSPS) is 35.9. The lowest BCUT2D eigenvalue weighted by Crippen LogP contribution is -2.70. The average molecular weight is 398 g/mol. The molecule has 4 bridgehead atoms. The molecule has 2 atom stereocenters.